The van der Waals surface area contributed by atoms with Gasteiger partial charge in [0, 0.05) is 19.0 Å². The summed E-state index contributed by atoms with van der Waals surface area (Å²) in [4.78, 5) is 30.0. The van der Waals surface area contributed by atoms with Gasteiger partial charge < -0.3 is 15.0 Å². The minimum atomic E-state index is -4.32. The average molecular weight is 658 g/mol. The molecule has 0 spiro atoms. The van der Waals surface area contributed by atoms with E-state index in [0.717, 1.165) is 53.2 Å². The van der Waals surface area contributed by atoms with Crippen LogP contribution in [0, 0.1) is 12.7 Å². The van der Waals surface area contributed by atoms with E-state index in [0.29, 0.717) is 11.3 Å². The third kappa shape index (κ3) is 8.56. The number of rotatable bonds is 13. The molecule has 0 radical (unpaired) electrons. The van der Waals surface area contributed by atoms with Crippen LogP contribution in [-0.2, 0) is 32.6 Å². The van der Waals surface area contributed by atoms with Crippen molar-refractivity contribution >= 4 is 27.5 Å². The minimum absolute atomic E-state index is 0.0115. The van der Waals surface area contributed by atoms with E-state index in [9.17, 15) is 22.4 Å². The highest BCUT2D eigenvalue weighted by Gasteiger charge is 2.35. The molecule has 2 amide bonds. The van der Waals surface area contributed by atoms with Gasteiger partial charge in [0.15, 0.2) is 0 Å². The van der Waals surface area contributed by atoms with E-state index in [1.165, 1.54) is 17.0 Å². The van der Waals surface area contributed by atoms with Gasteiger partial charge in [-0.15, -0.1) is 0 Å². The quantitative estimate of drug-likeness (QED) is 0.189. The molecule has 5 rings (SSSR count). The van der Waals surface area contributed by atoms with Gasteiger partial charge in [0.05, 0.1) is 17.7 Å². The molecule has 4 aromatic carbocycles. The lowest BCUT2D eigenvalue weighted by molar-refractivity contribution is -0.140. The first kappa shape index (κ1) is 33.7. The highest BCUT2D eigenvalue weighted by molar-refractivity contribution is 7.92. The summed E-state index contributed by atoms with van der Waals surface area (Å²) in [5.41, 5.74) is 2.75. The van der Waals surface area contributed by atoms with Crippen LogP contribution in [-0.4, -0.2) is 50.9 Å². The molecule has 0 bridgehead atoms. The van der Waals surface area contributed by atoms with Gasteiger partial charge in [0.25, 0.3) is 10.0 Å². The van der Waals surface area contributed by atoms with Crippen LogP contribution in [0.15, 0.2) is 108 Å². The number of halogens is 1. The maximum Gasteiger partial charge on any atom is 0.264 e. The lowest BCUT2D eigenvalue weighted by Gasteiger charge is -2.34. The monoisotopic (exact) mass is 657 g/mol. The largest absolute Gasteiger partial charge is 0.497 e. The summed E-state index contributed by atoms with van der Waals surface area (Å²) in [6.45, 7) is 1.32. The zero-order valence-corrected chi connectivity index (χ0v) is 27.5. The Labute approximate surface area is 276 Å². The van der Waals surface area contributed by atoms with Crippen molar-refractivity contribution in [1.29, 1.82) is 0 Å². The van der Waals surface area contributed by atoms with Gasteiger partial charge in [-0.3, -0.25) is 13.9 Å². The van der Waals surface area contributed by atoms with Crippen LogP contribution >= 0.6 is 0 Å². The summed E-state index contributed by atoms with van der Waals surface area (Å²) in [5, 5.41) is 3.17. The normalized spacial score (nSPS) is 13.9. The van der Waals surface area contributed by atoms with Gasteiger partial charge in [-0.2, -0.15) is 0 Å². The molecule has 0 aromatic heterocycles. The van der Waals surface area contributed by atoms with Crippen molar-refractivity contribution in [3.63, 3.8) is 0 Å². The number of ether oxygens (including phenoxy) is 1. The van der Waals surface area contributed by atoms with Gasteiger partial charge in [-0.25, -0.2) is 12.8 Å². The smallest absolute Gasteiger partial charge is 0.264 e. The first-order valence-electron chi connectivity index (χ1n) is 15.8. The molecular weight excluding hydrogens is 617 g/mol. The van der Waals surface area contributed by atoms with Crippen molar-refractivity contribution in [2.45, 2.75) is 62.6 Å². The van der Waals surface area contributed by atoms with E-state index in [-0.39, 0.29) is 35.5 Å². The number of methoxy groups -OCH3 is 1. The van der Waals surface area contributed by atoms with Gasteiger partial charge in [0.2, 0.25) is 11.8 Å². The van der Waals surface area contributed by atoms with Gasteiger partial charge >= 0.3 is 0 Å². The van der Waals surface area contributed by atoms with E-state index in [1.807, 2.05) is 43.3 Å². The molecule has 1 atom stereocenters. The molecule has 4 aromatic rings. The van der Waals surface area contributed by atoms with Crippen LogP contribution in [0.4, 0.5) is 10.1 Å². The molecule has 1 N–H and O–H groups in total. The van der Waals surface area contributed by atoms with Crippen molar-refractivity contribution in [2.75, 3.05) is 18.0 Å². The molecular formula is C37H40FN3O5S. The Morgan fingerprint density at radius 2 is 1.55 bits per heavy atom. The van der Waals surface area contributed by atoms with Crippen molar-refractivity contribution in [2.24, 2.45) is 0 Å². The molecule has 1 fully saturated rings. The molecule has 10 heteroatoms. The summed E-state index contributed by atoms with van der Waals surface area (Å²) in [6.07, 6.45) is 4.00. The van der Waals surface area contributed by atoms with Crippen LogP contribution in [0.2, 0.25) is 0 Å². The number of amides is 2. The molecule has 0 aliphatic heterocycles. The Kier molecular flexibility index (Phi) is 10.9. The van der Waals surface area contributed by atoms with Crippen molar-refractivity contribution in [3.05, 3.63) is 126 Å². The van der Waals surface area contributed by atoms with Gasteiger partial charge in [-0.1, -0.05) is 73.0 Å². The van der Waals surface area contributed by atoms with E-state index in [2.05, 4.69) is 5.32 Å². The Morgan fingerprint density at radius 3 is 2.21 bits per heavy atom. The van der Waals surface area contributed by atoms with Crippen LogP contribution < -0.4 is 14.4 Å². The minimum Gasteiger partial charge on any atom is -0.497 e. The predicted molar refractivity (Wildman–Crippen MR) is 180 cm³/mol. The van der Waals surface area contributed by atoms with E-state index < -0.39 is 34.3 Å². The van der Waals surface area contributed by atoms with Gasteiger partial charge in [0.1, 0.15) is 24.2 Å². The number of hydrogen-bond donors (Lipinski definition) is 1. The first-order valence-corrected chi connectivity index (χ1v) is 17.2. The number of nitrogens with one attached hydrogen (secondary N) is 1. The third-order valence-corrected chi connectivity index (χ3v) is 10.3. The Bertz CT molecular complexity index is 1760. The third-order valence-electron chi connectivity index (χ3n) is 8.46. The fourth-order valence-corrected chi connectivity index (χ4v) is 7.28. The number of carbonyl (C=O) groups excluding carboxylic acids is 2. The molecule has 246 valence electrons. The Hall–Kier alpha value is -4.70. The SMILES string of the molecule is COc1cccc(CN(C(=O)CN(c2ccc(C)cc2)S(=O)(=O)c2ccc(F)cc2)[C@@H](Cc2ccccc2)C(=O)NC2CCCC2)c1. The van der Waals surface area contributed by atoms with Crippen LogP contribution in [0.5, 0.6) is 5.75 Å². The van der Waals surface area contributed by atoms with E-state index >= 15 is 0 Å². The number of sulfonamides is 1. The van der Waals surface area contributed by atoms with Crippen molar-refractivity contribution in [3.8, 4) is 5.75 Å². The lowest BCUT2D eigenvalue weighted by Crippen LogP contribution is -2.54. The summed E-state index contributed by atoms with van der Waals surface area (Å²) in [6, 6.07) is 27.0. The molecule has 1 aliphatic rings. The Morgan fingerprint density at radius 1 is 0.894 bits per heavy atom. The van der Waals surface area contributed by atoms with Crippen LogP contribution in [0.25, 0.3) is 0 Å². The number of benzene rings is 4. The van der Waals surface area contributed by atoms with Gasteiger partial charge in [-0.05, 0) is 79.4 Å². The standard InChI is InChI=1S/C37H40FN3O5S/c1-27-15-19-32(20-16-27)41(47(44,45)34-21-17-30(38)18-22-34)26-36(42)40(25-29-11-8-14-33(23-29)46-2)35(24-28-9-4-3-5-10-28)37(43)39-31-12-6-7-13-31/h3-5,8-11,14-23,31,35H,6-7,12-13,24-26H2,1-2H3,(H,39,43)/t35-/m0/s1. The van der Waals surface area contributed by atoms with E-state index in [4.69, 9.17) is 4.74 Å². The fraction of sp³-hybridized carbons (Fsp3) is 0.297. The zero-order valence-electron chi connectivity index (χ0n) is 26.6. The highest BCUT2D eigenvalue weighted by Crippen LogP contribution is 2.26. The second-order valence-corrected chi connectivity index (χ2v) is 13.7. The number of carbonyl (C=O) groups is 2. The van der Waals surface area contributed by atoms with Crippen LogP contribution in [0.1, 0.15) is 42.4 Å². The maximum absolute atomic E-state index is 14.6. The number of hydrogen-bond acceptors (Lipinski definition) is 5. The molecule has 0 heterocycles. The maximum atomic E-state index is 14.6. The predicted octanol–water partition coefficient (Wildman–Crippen LogP) is 6.04. The molecule has 1 saturated carbocycles. The fourth-order valence-electron chi connectivity index (χ4n) is 5.86. The number of anilines is 1. The summed E-state index contributed by atoms with van der Waals surface area (Å²) < 4.78 is 48.4. The van der Waals surface area contributed by atoms with Crippen molar-refractivity contribution < 1.29 is 27.1 Å². The second-order valence-electron chi connectivity index (χ2n) is 11.9. The Balaban J connectivity index is 1.57. The lowest BCUT2D eigenvalue weighted by atomic mass is 10.0. The molecule has 0 unspecified atom stereocenters. The summed E-state index contributed by atoms with van der Waals surface area (Å²) >= 11 is 0. The first-order chi connectivity index (χ1) is 22.6. The molecule has 0 saturated heterocycles. The summed E-state index contributed by atoms with van der Waals surface area (Å²) in [5.74, 6) is -0.852. The number of nitrogens with zero attached hydrogens (tertiary/aromatic N) is 2. The molecule has 8 nitrogen and oxygen atoms in total. The zero-order chi connectivity index (χ0) is 33.4. The average Bonchev–Trinajstić information content (AvgIpc) is 3.59. The van der Waals surface area contributed by atoms with Crippen LogP contribution in [0.3, 0.4) is 0 Å². The van der Waals surface area contributed by atoms with Crippen molar-refractivity contribution in [1.82, 2.24) is 10.2 Å². The number of aryl methyl sites for hydroxylation is 1. The molecule has 1 aliphatic carbocycles. The second kappa shape index (κ2) is 15.3. The topological polar surface area (TPSA) is 96.0 Å². The van der Waals surface area contributed by atoms with E-state index in [1.54, 1.807) is 49.6 Å². The summed E-state index contributed by atoms with van der Waals surface area (Å²) in [7, 11) is -2.77. The molecule has 47 heavy (non-hydrogen) atoms. The highest BCUT2D eigenvalue weighted by atomic mass is 32.2.